The molecule has 0 amide bonds. The molecule has 1 aromatic heterocycles. The third kappa shape index (κ3) is 2.87. The summed E-state index contributed by atoms with van der Waals surface area (Å²) in [6.45, 7) is 5.74. The van der Waals surface area contributed by atoms with Crippen LogP contribution in [0.3, 0.4) is 0 Å². The average Bonchev–Trinajstić information content (AvgIpc) is 2.91. The summed E-state index contributed by atoms with van der Waals surface area (Å²) in [7, 11) is 0. The largest absolute Gasteiger partial charge is 0.467 e. The van der Waals surface area contributed by atoms with Crippen LogP contribution in [0.15, 0.2) is 35.5 Å². The van der Waals surface area contributed by atoms with Crippen molar-refractivity contribution >= 4 is 0 Å². The average molecular weight is 265 g/mol. The normalized spacial score (nSPS) is 31.0. The predicted molar refractivity (Wildman–Crippen MR) is 70.3 cm³/mol. The summed E-state index contributed by atoms with van der Waals surface area (Å²) in [5.41, 5.74) is 0. The molecule has 0 N–H and O–H groups in total. The Morgan fingerprint density at radius 1 is 1.63 bits per heavy atom. The molecule has 0 spiro atoms. The number of hydrogen-bond donors (Lipinski definition) is 0. The van der Waals surface area contributed by atoms with Gasteiger partial charge in [-0.1, -0.05) is 19.4 Å². The maximum absolute atomic E-state index is 11.3. The summed E-state index contributed by atoms with van der Waals surface area (Å²) in [6, 6.07) is 2.94. The fourth-order valence-corrected chi connectivity index (χ4v) is 2.72. The molecule has 1 aliphatic rings. The van der Waals surface area contributed by atoms with Crippen molar-refractivity contribution in [1.29, 1.82) is 0 Å². The molecule has 1 fully saturated rings. The number of rotatable bonds is 5. The zero-order chi connectivity index (χ0) is 13.8. The molecule has 0 radical (unpaired) electrons. The van der Waals surface area contributed by atoms with Gasteiger partial charge in [0.05, 0.1) is 6.26 Å². The summed E-state index contributed by atoms with van der Waals surface area (Å²) in [5.74, 6) is 0.546. The Morgan fingerprint density at radius 3 is 2.95 bits per heavy atom. The van der Waals surface area contributed by atoms with Crippen LogP contribution in [0.1, 0.15) is 38.1 Å². The first-order valence-electron chi connectivity index (χ1n) is 6.62. The van der Waals surface area contributed by atoms with Crippen LogP contribution in [0.4, 0.5) is 0 Å². The predicted octanol–water partition coefficient (Wildman–Crippen LogP) is 3.36. The summed E-state index contributed by atoms with van der Waals surface area (Å²) < 4.78 is 11.3. The minimum atomic E-state index is -0.705. The third-order valence-electron chi connectivity index (χ3n) is 3.62. The topological polar surface area (TPSA) is 65.5 Å². The minimum absolute atomic E-state index is 0.185. The van der Waals surface area contributed by atoms with Gasteiger partial charge >= 0.3 is 0 Å². The Morgan fingerprint density at radius 2 is 2.42 bits per heavy atom. The summed E-state index contributed by atoms with van der Waals surface area (Å²) >= 11 is 0. The second-order valence-electron chi connectivity index (χ2n) is 4.88. The van der Waals surface area contributed by atoms with Gasteiger partial charge in [-0.25, -0.2) is 0 Å². The second kappa shape index (κ2) is 6.02. The first-order chi connectivity index (χ1) is 9.17. The van der Waals surface area contributed by atoms with Gasteiger partial charge in [0.2, 0.25) is 6.04 Å². The molecular formula is C14H19NO4. The van der Waals surface area contributed by atoms with Crippen molar-refractivity contribution in [3.05, 3.63) is 46.9 Å². The van der Waals surface area contributed by atoms with Gasteiger partial charge in [0, 0.05) is 10.8 Å². The van der Waals surface area contributed by atoms with Crippen molar-refractivity contribution in [2.75, 3.05) is 0 Å². The first-order valence-corrected chi connectivity index (χ1v) is 6.62. The van der Waals surface area contributed by atoms with Crippen molar-refractivity contribution in [2.45, 2.75) is 44.4 Å². The number of nitro groups is 1. The smallest absolute Gasteiger partial charge is 0.245 e. The molecule has 0 saturated carbocycles. The molecule has 0 aliphatic carbocycles. The van der Waals surface area contributed by atoms with Crippen LogP contribution in [0.5, 0.6) is 0 Å². The molecule has 1 aromatic rings. The summed E-state index contributed by atoms with van der Waals surface area (Å²) in [6.07, 6.45) is 4.74. The number of nitrogens with zero attached hydrogens (tertiary/aromatic N) is 1. The fraction of sp³-hybridized carbons (Fsp3) is 0.571. The van der Waals surface area contributed by atoms with Crippen LogP contribution in [0, 0.1) is 16.0 Å². The second-order valence-corrected chi connectivity index (χ2v) is 4.88. The maximum Gasteiger partial charge on any atom is 0.245 e. The summed E-state index contributed by atoms with van der Waals surface area (Å²) in [5, 5.41) is 11.3. The van der Waals surface area contributed by atoms with E-state index >= 15 is 0 Å². The van der Waals surface area contributed by atoms with E-state index in [0.29, 0.717) is 12.8 Å². The lowest BCUT2D eigenvalue weighted by atomic mass is 9.85. The lowest BCUT2D eigenvalue weighted by Gasteiger charge is -2.35. The van der Waals surface area contributed by atoms with Gasteiger partial charge in [0.1, 0.15) is 18.0 Å². The molecule has 0 unspecified atom stereocenters. The fourth-order valence-electron chi connectivity index (χ4n) is 2.72. The highest BCUT2D eigenvalue weighted by Gasteiger charge is 2.45. The quantitative estimate of drug-likeness (QED) is 0.465. The SMILES string of the molecule is C=C[C@H]1C[C@@H](c2ccco2)O[C@H](CCC)[C@H]1[N+](=O)[O-]. The van der Waals surface area contributed by atoms with E-state index in [1.165, 1.54) is 0 Å². The molecular weight excluding hydrogens is 246 g/mol. The highest BCUT2D eigenvalue weighted by atomic mass is 16.6. The van der Waals surface area contributed by atoms with E-state index in [0.717, 1.165) is 12.2 Å². The van der Waals surface area contributed by atoms with E-state index in [1.807, 2.05) is 13.0 Å². The Bertz CT molecular complexity index is 429. The van der Waals surface area contributed by atoms with Crippen LogP contribution < -0.4 is 0 Å². The molecule has 0 bridgehead atoms. The highest BCUT2D eigenvalue weighted by molar-refractivity contribution is 5.06. The number of furan rings is 1. The van der Waals surface area contributed by atoms with Crippen LogP contribution in [0.25, 0.3) is 0 Å². The monoisotopic (exact) mass is 265 g/mol. The molecule has 0 aromatic carbocycles. The molecule has 1 saturated heterocycles. The zero-order valence-electron chi connectivity index (χ0n) is 11.0. The van der Waals surface area contributed by atoms with Gasteiger partial charge in [-0.15, -0.1) is 6.58 Å². The van der Waals surface area contributed by atoms with Crippen LogP contribution in [-0.2, 0) is 4.74 Å². The Balaban J connectivity index is 2.22. The van der Waals surface area contributed by atoms with Crippen molar-refractivity contribution in [3.8, 4) is 0 Å². The van der Waals surface area contributed by atoms with E-state index in [2.05, 4.69) is 6.58 Å². The minimum Gasteiger partial charge on any atom is -0.467 e. The van der Waals surface area contributed by atoms with Crippen molar-refractivity contribution in [1.82, 2.24) is 0 Å². The number of hydrogen-bond acceptors (Lipinski definition) is 4. The van der Waals surface area contributed by atoms with Gasteiger partial charge in [-0.2, -0.15) is 0 Å². The molecule has 104 valence electrons. The van der Waals surface area contributed by atoms with Crippen molar-refractivity contribution in [3.63, 3.8) is 0 Å². The molecule has 1 aliphatic heterocycles. The van der Waals surface area contributed by atoms with Gasteiger partial charge in [0.25, 0.3) is 0 Å². The first kappa shape index (κ1) is 13.8. The van der Waals surface area contributed by atoms with E-state index in [9.17, 15) is 10.1 Å². The molecule has 19 heavy (non-hydrogen) atoms. The molecule has 2 heterocycles. The molecule has 4 atom stereocenters. The molecule has 2 rings (SSSR count). The lowest BCUT2D eigenvalue weighted by Crippen LogP contribution is -2.46. The van der Waals surface area contributed by atoms with Crippen molar-refractivity contribution < 1.29 is 14.1 Å². The van der Waals surface area contributed by atoms with Crippen LogP contribution in [-0.4, -0.2) is 17.1 Å². The Hall–Kier alpha value is -1.62. The standard InChI is InChI=1S/C14H19NO4/c1-3-6-12-14(15(16)17)10(4-2)9-13(19-12)11-7-5-8-18-11/h4-5,7-8,10,12-14H,2-3,6,9H2,1H3/t10-,12+,13-,14-/m0/s1. The lowest BCUT2D eigenvalue weighted by molar-refractivity contribution is -0.550. The Kier molecular flexibility index (Phi) is 4.37. The van der Waals surface area contributed by atoms with Crippen LogP contribution >= 0.6 is 0 Å². The zero-order valence-corrected chi connectivity index (χ0v) is 11.0. The summed E-state index contributed by atoms with van der Waals surface area (Å²) in [4.78, 5) is 11.0. The van der Waals surface area contributed by atoms with E-state index in [4.69, 9.17) is 9.15 Å². The third-order valence-corrected chi connectivity index (χ3v) is 3.62. The van der Waals surface area contributed by atoms with Gasteiger partial charge < -0.3 is 9.15 Å². The van der Waals surface area contributed by atoms with Gasteiger partial charge in [0.15, 0.2) is 0 Å². The molecule has 5 nitrogen and oxygen atoms in total. The molecule has 5 heteroatoms. The van der Waals surface area contributed by atoms with E-state index < -0.39 is 6.04 Å². The van der Waals surface area contributed by atoms with Crippen molar-refractivity contribution in [2.24, 2.45) is 5.92 Å². The highest BCUT2D eigenvalue weighted by Crippen LogP contribution is 2.38. The van der Waals surface area contributed by atoms with E-state index in [-0.39, 0.29) is 23.0 Å². The van der Waals surface area contributed by atoms with E-state index in [1.54, 1.807) is 18.4 Å². The maximum atomic E-state index is 11.3. The van der Waals surface area contributed by atoms with Crippen LogP contribution in [0.2, 0.25) is 0 Å². The number of ether oxygens (including phenoxy) is 1. The van der Waals surface area contributed by atoms with Gasteiger partial charge in [-0.3, -0.25) is 10.1 Å². The Labute approximate surface area is 112 Å². The van der Waals surface area contributed by atoms with Gasteiger partial charge in [-0.05, 0) is 25.0 Å².